The Labute approximate surface area is 161 Å². The molecule has 0 heterocycles. The van der Waals surface area contributed by atoms with Crippen molar-refractivity contribution < 1.29 is 13.0 Å². The molecule has 0 aliphatic carbocycles. The van der Waals surface area contributed by atoms with E-state index in [-0.39, 0.29) is 10.4 Å². The zero-order valence-electron chi connectivity index (χ0n) is 15.4. The molecule has 0 fully saturated rings. The Morgan fingerprint density at radius 3 is 2.20 bits per heavy atom. The number of hydrogen-bond donors (Lipinski definition) is 2. The van der Waals surface area contributed by atoms with Crippen molar-refractivity contribution >= 4 is 26.0 Å². The molecular formula is C19H30BrNO3S. The van der Waals surface area contributed by atoms with Crippen LogP contribution in [0.3, 0.4) is 0 Å². The largest absolute Gasteiger partial charge is 0.301 e. The monoisotopic (exact) mass is 431 g/mol. The topological polar surface area (TPSA) is 66.4 Å². The summed E-state index contributed by atoms with van der Waals surface area (Å²) in [5.74, 6) is 2.97. The van der Waals surface area contributed by atoms with Crippen LogP contribution in [0.15, 0.2) is 35.2 Å². The first-order chi connectivity index (χ1) is 11.7. The van der Waals surface area contributed by atoms with Crippen molar-refractivity contribution in [2.45, 2.75) is 69.7 Å². The maximum absolute atomic E-state index is 10.4. The zero-order chi connectivity index (χ0) is 19.2. The fourth-order valence-electron chi connectivity index (χ4n) is 2.17. The smallest absolute Gasteiger partial charge is 0.294 e. The van der Waals surface area contributed by atoms with Crippen molar-refractivity contribution in [3.05, 3.63) is 30.3 Å². The van der Waals surface area contributed by atoms with Crippen LogP contribution in [0.4, 0.5) is 0 Å². The Hall–Kier alpha value is -0.870. The standard InChI is InChI=1S/C13H24BrN.C6H6O3S/c1-4-5-6-7-8-10-13(2,3)15-12-9-11-14;7-10(8,9)6-4-2-1-3-5-6/h15H,4-8,10,12H2,1-3H3;1-5H,(H,7,8,9). The van der Waals surface area contributed by atoms with Gasteiger partial charge in [0.2, 0.25) is 0 Å². The lowest BCUT2D eigenvalue weighted by molar-refractivity contribution is 0.363. The minimum atomic E-state index is -4.00. The highest BCUT2D eigenvalue weighted by atomic mass is 79.9. The molecule has 1 aromatic rings. The molecular weight excluding hydrogens is 402 g/mol. The van der Waals surface area contributed by atoms with Gasteiger partial charge < -0.3 is 5.32 Å². The molecule has 0 saturated heterocycles. The van der Waals surface area contributed by atoms with Crippen LogP contribution in [-0.4, -0.2) is 25.1 Å². The van der Waals surface area contributed by atoms with Gasteiger partial charge in [-0.3, -0.25) is 4.55 Å². The lowest BCUT2D eigenvalue weighted by Crippen LogP contribution is -2.39. The van der Waals surface area contributed by atoms with Crippen LogP contribution in [0.5, 0.6) is 0 Å². The van der Waals surface area contributed by atoms with Crippen LogP contribution in [-0.2, 0) is 10.1 Å². The van der Waals surface area contributed by atoms with E-state index in [9.17, 15) is 8.42 Å². The van der Waals surface area contributed by atoms with Gasteiger partial charge in [0.15, 0.2) is 0 Å². The van der Waals surface area contributed by atoms with Gasteiger partial charge in [-0.25, -0.2) is 0 Å². The van der Waals surface area contributed by atoms with Crippen molar-refractivity contribution in [3.8, 4) is 10.8 Å². The molecule has 25 heavy (non-hydrogen) atoms. The molecule has 0 atom stereocenters. The van der Waals surface area contributed by atoms with Crippen LogP contribution in [0.25, 0.3) is 0 Å². The molecule has 0 amide bonds. The first-order valence-electron chi connectivity index (χ1n) is 8.59. The van der Waals surface area contributed by atoms with E-state index in [0.717, 1.165) is 6.54 Å². The summed E-state index contributed by atoms with van der Waals surface area (Å²) in [6, 6.07) is 7.42. The highest BCUT2D eigenvalue weighted by Gasteiger charge is 2.14. The minimum Gasteiger partial charge on any atom is -0.301 e. The number of unbranched alkanes of at least 4 members (excludes halogenated alkanes) is 4. The summed E-state index contributed by atoms with van der Waals surface area (Å²) in [5.41, 5.74) is 0.225. The molecule has 0 aromatic heterocycles. The lowest BCUT2D eigenvalue weighted by atomic mass is 9.96. The molecule has 1 rings (SSSR count). The van der Waals surface area contributed by atoms with Crippen LogP contribution in [0.2, 0.25) is 0 Å². The second-order valence-electron chi connectivity index (χ2n) is 6.46. The quantitative estimate of drug-likeness (QED) is 0.327. The third-order valence-electron chi connectivity index (χ3n) is 3.67. The molecule has 1 aromatic carbocycles. The number of halogens is 1. The van der Waals surface area contributed by atoms with E-state index in [4.69, 9.17) is 4.55 Å². The Balaban J connectivity index is 0.000000496. The molecule has 0 bridgehead atoms. The molecule has 0 unspecified atom stereocenters. The maximum Gasteiger partial charge on any atom is 0.294 e. The minimum absolute atomic E-state index is 0.0741. The Bertz CT molecular complexity index is 619. The van der Waals surface area contributed by atoms with Gasteiger partial charge in [-0.1, -0.05) is 63.1 Å². The van der Waals surface area contributed by atoms with Crippen LogP contribution in [0.1, 0.15) is 59.3 Å². The normalized spacial score (nSPS) is 11.1. The maximum atomic E-state index is 10.4. The predicted molar refractivity (Wildman–Crippen MR) is 108 cm³/mol. The number of benzene rings is 1. The van der Waals surface area contributed by atoms with Crippen molar-refractivity contribution in [3.63, 3.8) is 0 Å². The first-order valence-corrected chi connectivity index (χ1v) is 10.8. The second-order valence-corrected chi connectivity index (χ2v) is 8.28. The van der Waals surface area contributed by atoms with Gasteiger partial charge in [-0.2, -0.15) is 8.42 Å². The van der Waals surface area contributed by atoms with Gasteiger partial charge in [0.1, 0.15) is 0 Å². The van der Waals surface area contributed by atoms with E-state index in [2.05, 4.69) is 52.8 Å². The van der Waals surface area contributed by atoms with E-state index in [1.807, 2.05) is 0 Å². The summed E-state index contributed by atoms with van der Waals surface area (Å²) in [5, 5.41) is 3.45. The average Bonchev–Trinajstić information content (AvgIpc) is 2.55. The van der Waals surface area contributed by atoms with E-state index in [0.29, 0.717) is 0 Å². The average molecular weight is 432 g/mol. The molecule has 0 radical (unpaired) electrons. The summed E-state index contributed by atoms with van der Waals surface area (Å²) >= 11 is 3.10. The number of rotatable bonds is 9. The Morgan fingerprint density at radius 2 is 1.72 bits per heavy atom. The zero-order valence-corrected chi connectivity index (χ0v) is 17.8. The van der Waals surface area contributed by atoms with Crippen LogP contribution in [0, 0.1) is 10.8 Å². The van der Waals surface area contributed by atoms with Gasteiger partial charge in [0, 0.05) is 21.5 Å². The van der Waals surface area contributed by atoms with Crippen molar-refractivity contribution in [2.24, 2.45) is 0 Å². The fourth-order valence-corrected chi connectivity index (χ4v) is 2.81. The van der Waals surface area contributed by atoms with Crippen molar-refractivity contribution in [2.75, 3.05) is 6.54 Å². The molecule has 6 heteroatoms. The summed E-state index contributed by atoms with van der Waals surface area (Å²) in [4.78, 5) is 2.65. The summed E-state index contributed by atoms with van der Waals surface area (Å²) < 4.78 is 29.2. The van der Waals surface area contributed by atoms with Gasteiger partial charge >= 0.3 is 0 Å². The second kappa shape index (κ2) is 13.3. The molecule has 0 aliphatic heterocycles. The highest BCUT2D eigenvalue weighted by molar-refractivity contribution is 9.12. The molecule has 0 aliphatic rings. The Kier molecular flexibility index (Phi) is 12.9. The molecule has 4 nitrogen and oxygen atoms in total. The molecule has 0 saturated carbocycles. The molecule has 2 N–H and O–H groups in total. The highest BCUT2D eigenvalue weighted by Crippen LogP contribution is 2.14. The number of nitrogens with one attached hydrogen (secondary N) is 1. The fraction of sp³-hybridized carbons (Fsp3) is 0.579. The van der Waals surface area contributed by atoms with Crippen molar-refractivity contribution in [1.82, 2.24) is 5.32 Å². The first kappa shape index (κ1) is 24.1. The lowest BCUT2D eigenvalue weighted by Gasteiger charge is -2.25. The SMILES string of the molecule is CCCCCCCC(C)(C)NCC#CBr.O=S(=O)(O)c1ccccc1. The van der Waals surface area contributed by atoms with E-state index in [1.165, 1.54) is 50.7 Å². The summed E-state index contributed by atoms with van der Waals surface area (Å²) in [7, 11) is -4.00. The summed E-state index contributed by atoms with van der Waals surface area (Å²) in [6.07, 6.45) is 8.00. The number of hydrogen-bond acceptors (Lipinski definition) is 3. The van der Waals surface area contributed by atoms with Gasteiger partial charge in [0.25, 0.3) is 10.1 Å². The van der Waals surface area contributed by atoms with Crippen LogP contribution < -0.4 is 5.32 Å². The third-order valence-corrected chi connectivity index (χ3v) is 4.82. The van der Waals surface area contributed by atoms with Gasteiger partial charge in [-0.05, 0) is 37.2 Å². The Morgan fingerprint density at radius 1 is 1.12 bits per heavy atom. The summed E-state index contributed by atoms with van der Waals surface area (Å²) in [6.45, 7) is 7.53. The third kappa shape index (κ3) is 14.0. The molecule has 0 spiro atoms. The van der Waals surface area contributed by atoms with Gasteiger partial charge in [-0.15, -0.1) is 0 Å². The van der Waals surface area contributed by atoms with Crippen LogP contribution >= 0.6 is 15.9 Å². The van der Waals surface area contributed by atoms with E-state index < -0.39 is 10.1 Å². The molecule has 142 valence electrons. The predicted octanol–water partition coefficient (Wildman–Crippen LogP) is 5.00. The van der Waals surface area contributed by atoms with E-state index >= 15 is 0 Å². The van der Waals surface area contributed by atoms with Gasteiger partial charge in [0.05, 0.1) is 11.4 Å². The van der Waals surface area contributed by atoms with Crippen molar-refractivity contribution in [1.29, 1.82) is 0 Å². The van der Waals surface area contributed by atoms with E-state index in [1.54, 1.807) is 18.2 Å².